The highest BCUT2D eigenvalue weighted by atomic mass is 32.1. The molecule has 0 radical (unpaired) electrons. The Balaban J connectivity index is 1.18. The van der Waals surface area contributed by atoms with Gasteiger partial charge in [0.15, 0.2) is 24.1 Å². The van der Waals surface area contributed by atoms with Crippen molar-refractivity contribution in [3.8, 4) is 22.5 Å². The fraction of sp³-hybridized carbons (Fsp3) is 0.192. The van der Waals surface area contributed by atoms with E-state index in [0.29, 0.717) is 5.92 Å². The second-order valence-electron chi connectivity index (χ2n) is 17.5. The summed E-state index contributed by atoms with van der Waals surface area (Å²) in [6, 6.07) is 44.5. The standard InChI is InChI=1S/C52H43N3S/c1-30-17-20-43-41(24-30)50-49-37-14-8-9-16-47(37)56-48(49)29-40-39-28-38-32(26-46(39)55(43)51(40)50)18-19-36-34-12-6-7-13-35(34)42-15-10-11-22-54(42)44(36)25-31(2)53-23-21-33(27-45(38)53)52(3,4)5/h6-17,20-24,26-29,36,44H,2,18-19,25H2,1,3-5H3/q+2. The first-order valence-corrected chi connectivity index (χ1v) is 21.0. The Morgan fingerprint density at radius 3 is 2.43 bits per heavy atom. The molecule has 0 bridgehead atoms. The van der Waals surface area contributed by atoms with Crippen molar-refractivity contribution in [3.63, 3.8) is 0 Å². The molecule has 0 saturated heterocycles. The molecule has 2 aliphatic rings. The second-order valence-corrected chi connectivity index (χ2v) is 18.6. The van der Waals surface area contributed by atoms with Gasteiger partial charge in [-0.2, -0.15) is 9.13 Å². The van der Waals surface area contributed by atoms with Crippen molar-refractivity contribution in [1.29, 1.82) is 0 Å². The van der Waals surface area contributed by atoms with Crippen LogP contribution in [0.3, 0.4) is 0 Å². The molecular weight excluding hydrogens is 699 g/mol. The van der Waals surface area contributed by atoms with Crippen LogP contribution in [-0.4, -0.2) is 4.40 Å². The number of hydrogen-bond donors (Lipinski definition) is 0. The smallest absolute Gasteiger partial charge is 0.218 e. The molecule has 56 heavy (non-hydrogen) atoms. The van der Waals surface area contributed by atoms with Gasteiger partial charge in [0, 0.05) is 77.5 Å². The summed E-state index contributed by atoms with van der Waals surface area (Å²) in [6.07, 6.45) is 7.50. The maximum absolute atomic E-state index is 4.89. The third kappa shape index (κ3) is 4.39. The summed E-state index contributed by atoms with van der Waals surface area (Å²) < 4.78 is 10.3. The molecule has 3 nitrogen and oxygen atoms in total. The van der Waals surface area contributed by atoms with E-state index >= 15 is 0 Å². The van der Waals surface area contributed by atoms with Crippen molar-refractivity contribution in [2.75, 3.05) is 0 Å². The number of rotatable bonds is 0. The van der Waals surface area contributed by atoms with Crippen molar-refractivity contribution in [2.45, 2.75) is 64.3 Å². The molecule has 0 aliphatic carbocycles. The average molecular weight is 742 g/mol. The molecule has 0 saturated carbocycles. The molecular formula is C52H43N3S+2. The Bertz CT molecular complexity index is 3320. The van der Waals surface area contributed by atoms with E-state index in [0.717, 1.165) is 25.0 Å². The number of nitrogens with zero attached hydrogens (tertiary/aromatic N) is 3. The zero-order chi connectivity index (χ0) is 37.6. The zero-order valence-electron chi connectivity index (χ0n) is 32.4. The average Bonchev–Trinajstić information content (AvgIpc) is 3.85. The Labute approximate surface area is 330 Å². The molecule has 4 heteroatoms. The summed E-state index contributed by atoms with van der Waals surface area (Å²) in [5.41, 5.74) is 15.8. The summed E-state index contributed by atoms with van der Waals surface area (Å²) in [6.45, 7) is 14.1. The summed E-state index contributed by atoms with van der Waals surface area (Å²) in [5, 5.41) is 8.16. The van der Waals surface area contributed by atoms with E-state index in [9.17, 15) is 0 Å². The number of fused-ring (bicyclic) bond motifs is 19. The normalized spacial score (nSPS) is 17.1. The highest BCUT2D eigenvalue weighted by Gasteiger charge is 2.42. The van der Waals surface area contributed by atoms with Crippen LogP contribution in [0.2, 0.25) is 0 Å². The van der Waals surface area contributed by atoms with Gasteiger partial charge in [0.05, 0.1) is 28.5 Å². The Kier molecular flexibility index (Phi) is 6.58. The Morgan fingerprint density at radius 2 is 1.54 bits per heavy atom. The van der Waals surface area contributed by atoms with Gasteiger partial charge < -0.3 is 4.40 Å². The number of benzene rings is 5. The lowest BCUT2D eigenvalue weighted by Crippen LogP contribution is -2.49. The minimum Gasteiger partial charge on any atom is -0.308 e. The molecule has 7 heterocycles. The van der Waals surface area contributed by atoms with E-state index in [1.54, 1.807) is 0 Å². The van der Waals surface area contributed by atoms with Crippen LogP contribution in [0.1, 0.15) is 67.8 Å². The number of pyridine rings is 2. The van der Waals surface area contributed by atoms with Crippen LogP contribution >= 0.6 is 11.3 Å². The van der Waals surface area contributed by atoms with Crippen LogP contribution in [0.25, 0.3) is 86.5 Å². The van der Waals surface area contributed by atoms with Gasteiger partial charge >= 0.3 is 0 Å². The largest absolute Gasteiger partial charge is 0.308 e. The van der Waals surface area contributed by atoms with Crippen LogP contribution in [0.15, 0.2) is 134 Å². The third-order valence-corrected chi connectivity index (χ3v) is 14.4. The molecule has 5 aromatic carbocycles. The number of aryl methyl sites for hydroxylation is 2. The maximum Gasteiger partial charge on any atom is 0.218 e. The number of thiophene rings is 1. The minimum absolute atomic E-state index is 0.00383. The molecule has 0 fully saturated rings. The molecule has 2 unspecified atom stereocenters. The maximum atomic E-state index is 4.89. The molecule has 5 aromatic heterocycles. The van der Waals surface area contributed by atoms with Crippen LogP contribution in [-0.2, 0) is 11.8 Å². The quantitative estimate of drug-likeness (QED) is 0.137. The summed E-state index contributed by atoms with van der Waals surface area (Å²) in [7, 11) is 0. The van der Waals surface area contributed by atoms with Gasteiger partial charge in [-0.25, -0.2) is 0 Å². The monoisotopic (exact) mass is 741 g/mol. The fourth-order valence-corrected chi connectivity index (χ4v) is 11.7. The third-order valence-electron chi connectivity index (χ3n) is 13.2. The van der Waals surface area contributed by atoms with Gasteiger partial charge in [-0.15, -0.1) is 11.3 Å². The molecule has 0 spiro atoms. The van der Waals surface area contributed by atoms with Crippen molar-refractivity contribution in [2.24, 2.45) is 0 Å². The SMILES string of the molecule is C=C1CC2C(CCc3cc4c(cc3-c3cc(C(C)(C)C)cc[n+]31)c1cc3sc5ccccc5c3c3c5cc(C)ccc5n4c13)c1ccccc1-c1cccc[n+]12. The molecule has 2 atom stereocenters. The summed E-state index contributed by atoms with van der Waals surface area (Å²) >= 11 is 1.93. The van der Waals surface area contributed by atoms with Crippen LogP contribution in [0, 0.1) is 6.92 Å². The molecule has 12 rings (SSSR count). The lowest BCUT2D eigenvalue weighted by Gasteiger charge is -2.31. The van der Waals surface area contributed by atoms with E-state index < -0.39 is 0 Å². The predicted octanol–water partition coefficient (Wildman–Crippen LogP) is 12.9. The second kappa shape index (κ2) is 11.4. The zero-order valence-corrected chi connectivity index (χ0v) is 33.2. The van der Waals surface area contributed by atoms with E-state index in [1.807, 2.05) is 11.3 Å². The first-order valence-electron chi connectivity index (χ1n) is 20.1. The molecule has 270 valence electrons. The molecule has 10 aromatic rings. The topological polar surface area (TPSA) is 12.2 Å². The van der Waals surface area contributed by atoms with Gasteiger partial charge in [0.2, 0.25) is 11.4 Å². The molecule has 2 aliphatic heterocycles. The highest BCUT2D eigenvalue weighted by molar-refractivity contribution is 7.26. The minimum atomic E-state index is 0.00383. The predicted molar refractivity (Wildman–Crippen MR) is 235 cm³/mol. The lowest BCUT2D eigenvalue weighted by molar-refractivity contribution is -0.720. The molecule has 0 amide bonds. The Hall–Kier alpha value is -5.84. The summed E-state index contributed by atoms with van der Waals surface area (Å²) in [4.78, 5) is 0. The summed E-state index contributed by atoms with van der Waals surface area (Å²) in [5.74, 6) is 0.347. The van der Waals surface area contributed by atoms with Gasteiger partial charge in [0.25, 0.3) is 0 Å². The highest BCUT2D eigenvalue weighted by Crippen LogP contribution is 2.50. The number of hydrogen-bond acceptors (Lipinski definition) is 1. The van der Waals surface area contributed by atoms with Crippen molar-refractivity contribution >= 4 is 75.3 Å². The van der Waals surface area contributed by atoms with Crippen molar-refractivity contribution in [1.82, 2.24) is 4.40 Å². The van der Waals surface area contributed by atoms with E-state index in [4.69, 9.17) is 6.58 Å². The Morgan fingerprint density at radius 1 is 0.696 bits per heavy atom. The lowest BCUT2D eigenvalue weighted by atomic mass is 9.77. The number of aromatic nitrogens is 3. The van der Waals surface area contributed by atoms with Gasteiger partial charge in [0.1, 0.15) is 0 Å². The first kappa shape index (κ1) is 32.4. The number of allylic oxidation sites excluding steroid dienone is 1. The van der Waals surface area contributed by atoms with Gasteiger partial charge in [-0.05, 0) is 97.0 Å². The van der Waals surface area contributed by atoms with Gasteiger partial charge in [-0.3, -0.25) is 0 Å². The van der Waals surface area contributed by atoms with Crippen LogP contribution in [0.4, 0.5) is 0 Å². The van der Waals surface area contributed by atoms with Gasteiger partial charge in [-0.1, -0.05) is 68.8 Å². The van der Waals surface area contributed by atoms with Crippen molar-refractivity contribution in [3.05, 3.63) is 156 Å². The van der Waals surface area contributed by atoms with Crippen molar-refractivity contribution < 1.29 is 9.13 Å². The van der Waals surface area contributed by atoms with Crippen LogP contribution < -0.4 is 9.13 Å². The molecule has 0 N–H and O–H groups in total. The van der Waals surface area contributed by atoms with E-state index in [2.05, 4.69) is 169 Å². The fourth-order valence-electron chi connectivity index (χ4n) is 10.6. The van der Waals surface area contributed by atoms with E-state index in [1.165, 1.54) is 103 Å². The first-order chi connectivity index (χ1) is 27.2. The van der Waals surface area contributed by atoms with Crippen LogP contribution in [0.5, 0.6) is 0 Å². The van der Waals surface area contributed by atoms with E-state index in [-0.39, 0.29) is 11.5 Å².